The minimum atomic E-state index is -0.120. The maximum Gasteiger partial charge on any atom is 0.137 e. The first-order valence-electron chi connectivity index (χ1n) is 2.56. The van der Waals surface area contributed by atoms with E-state index in [4.69, 9.17) is 39.9 Å². The highest BCUT2D eigenvalue weighted by atomic mass is 79.9. The first-order chi connectivity index (χ1) is 5.04. The molecule has 0 bridgehead atoms. The summed E-state index contributed by atoms with van der Waals surface area (Å²) in [6.07, 6.45) is 0. The molecule has 11 heavy (non-hydrogen) atoms. The molecular formula is C6H2BrCl3O. The van der Waals surface area contributed by atoms with Crippen molar-refractivity contribution in [1.29, 1.82) is 0 Å². The van der Waals surface area contributed by atoms with Crippen LogP contribution in [0.5, 0.6) is 5.75 Å². The summed E-state index contributed by atoms with van der Waals surface area (Å²) in [5.74, 6) is -0.120. The molecule has 1 aromatic rings. The highest BCUT2D eigenvalue weighted by molar-refractivity contribution is 9.10. The van der Waals surface area contributed by atoms with Gasteiger partial charge in [0, 0.05) is 6.07 Å². The van der Waals surface area contributed by atoms with Crippen LogP contribution in [-0.2, 0) is 0 Å². The lowest BCUT2D eigenvalue weighted by atomic mass is 10.3. The van der Waals surface area contributed by atoms with Gasteiger partial charge in [-0.3, -0.25) is 0 Å². The Hall–Kier alpha value is 0.370. The zero-order chi connectivity index (χ0) is 8.59. The van der Waals surface area contributed by atoms with Crippen molar-refractivity contribution in [2.75, 3.05) is 0 Å². The number of hydrogen-bond donors (Lipinski definition) is 1. The molecular weight excluding hydrogens is 274 g/mol. The Kier molecular flexibility index (Phi) is 2.92. The van der Waals surface area contributed by atoms with Gasteiger partial charge < -0.3 is 5.11 Å². The summed E-state index contributed by atoms with van der Waals surface area (Å²) < 4.78 is 0.489. The fraction of sp³-hybridized carbons (Fsp3) is 0. The van der Waals surface area contributed by atoms with Gasteiger partial charge in [0.05, 0.1) is 14.5 Å². The number of rotatable bonds is 0. The molecule has 0 fully saturated rings. The maximum atomic E-state index is 9.08. The average Bonchev–Trinajstić information content (AvgIpc) is 1.97. The van der Waals surface area contributed by atoms with Crippen molar-refractivity contribution in [3.63, 3.8) is 0 Å². The molecule has 0 saturated heterocycles. The number of phenols is 1. The summed E-state index contributed by atoms with van der Waals surface area (Å²) >= 11 is 20.0. The van der Waals surface area contributed by atoms with Crippen molar-refractivity contribution in [1.82, 2.24) is 0 Å². The molecule has 60 valence electrons. The number of benzene rings is 1. The second-order valence-electron chi connectivity index (χ2n) is 1.82. The number of aromatic hydroxyl groups is 1. The smallest absolute Gasteiger partial charge is 0.137 e. The average molecular weight is 276 g/mol. The predicted octanol–water partition coefficient (Wildman–Crippen LogP) is 4.11. The molecule has 0 aliphatic rings. The first-order valence-corrected chi connectivity index (χ1v) is 4.48. The molecule has 0 atom stereocenters. The highest BCUT2D eigenvalue weighted by Crippen LogP contribution is 2.41. The van der Waals surface area contributed by atoms with E-state index in [1.54, 1.807) is 0 Å². The van der Waals surface area contributed by atoms with Crippen LogP contribution in [0.3, 0.4) is 0 Å². The molecule has 1 N–H and O–H groups in total. The summed E-state index contributed by atoms with van der Waals surface area (Å²) in [6, 6.07) is 1.32. The molecule has 1 nitrogen and oxygen atoms in total. The Bertz CT molecular complexity index is 274. The lowest BCUT2D eigenvalue weighted by Crippen LogP contribution is -1.75. The Balaban J connectivity index is 3.46. The van der Waals surface area contributed by atoms with Gasteiger partial charge in [0.15, 0.2) is 0 Å². The van der Waals surface area contributed by atoms with E-state index in [0.717, 1.165) is 0 Å². The third kappa shape index (κ3) is 1.75. The van der Waals surface area contributed by atoms with E-state index in [1.165, 1.54) is 6.07 Å². The molecule has 0 amide bonds. The van der Waals surface area contributed by atoms with Crippen LogP contribution in [0.25, 0.3) is 0 Å². The monoisotopic (exact) mass is 274 g/mol. The Morgan fingerprint density at radius 3 is 2.27 bits per heavy atom. The van der Waals surface area contributed by atoms with E-state index in [2.05, 4.69) is 15.9 Å². The third-order valence-corrected chi connectivity index (χ3v) is 3.52. The molecule has 0 spiro atoms. The summed E-state index contributed by atoms with van der Waals surface area (Å²) in [5.41, 5.74) is 0. The largest absolute Gasteiger partial charge is 0.506 e. The van der Waals surface area contributed by atoms with E-state index < -0.39 is 0 Å². The van der Waals surface area contributed by atoms with Gasteiger partial charge in [-0.1, -0.05) is 34.8 Å². The van der Waals surface area contributed by atoms with Crippen LogP contribution < -0.4 is 0 Å². The molecule has 0 aliphatic carbocycles. The normalized spacial score (nSPS) is 10.2. The Morgan fingerprint density at radius 1 is 1.18 bits per heavy atom. The van der Waals surface area contributed by atoms with Crippen LogP contribution in [-0.4, -0.2) is 5.11 Å². The summed E-state index contributed by atoms with van der Waals surface area (Å²) in [4.78, 5) is 0. The fourth-order valence-corrected chi connectivity index (χ4v) is 1.58. The molecule has 0 saturated carbocycles. The van der Waals surface area contributed by atoms with Crippen molar-refractivity contribution >= 4 is 50.7 Å². The molecule has 1 rings (SSSR count). The van der Waals surface area contributed by atoms with Crippen molar-refractivity contribution < 1.29 is 5.11 Å². The fourth-order valence-electron chi connectivity index (χ4n) is 0.560. The van der Waals surface area contributed by atoms with Crippen LogP contribution in [0.2, 0.25) is 15.1 Å². The van der Waals surface area contributed by atoms with Crippen LogP contribution in [0.1, 0.15) is 0 Å². The quantitative estimate of drug-likeness (QED) is 0.558. The van der Waals surface area contributed by atoms with Crippen LogP contribution in [0, 0.1) is 0 Å². The van der Waals surface area contributed by atoms with Gasteiger partial charge in [-0.25, -0.2) is 0 Å². The highest BCUT2D eigenvalue weighted by Gasteiger charge is 2.11. The minimum absolute atomic E-state index is 0.0999. The van der Waals surface area contributed by atoms with Crippen LogP contribution >= 0.6 is 50.7 Å². The van der Waals surface area contributed by atoms with E-state index >= 15 is 0 Å². The SMILES string of the molecule is Oc1cc(Cl)c(Br)c(Cl)c1Cl. The second kappa shape index (κ2) is 3.40. The van der Waals surface area contributed by atoms with E-state index in [1.807, 2.05) is 0 Å². The Labute approximate surface area is 87.0 Å². The van der Waals surface area contributed by atoms with Gasteiger partial charge >= 0.3 is 0 Å². The standard InChI is InChI=1S/C6H2BrCl3O/c7-4-2(8)1-3(11)5(9)6(4)10/h1,11H. The van der Waals surface area contributed by atoms with E-state index in [0.29, 0.717) is 9.50 Å². The first kappa shape index (κ1) is 9.46. The summed E-state index contributed by atoms with van der Waals surface area (Å²) in [7, 11) is 0. The number of halogens is 4. The van der Waals surface area contributed by atoms with Crippen molar-refractivity contribution in [2.24, 2.45) is 0 Å². The molecule has 0 aromatic heterocycles. The topological polar surface area (TPSA) is 20.2 Å². The zero-order valence-electron chi connectivity index (χ0n) is 5.04. The van der Waals surface area contributed by atoms with Crippen molar-refractivity contribution in [2.45, 2.75) is 0 Å². The van der Waals surface area contributed by atoms with Gasteiger partial charge in [0.2, 0.25) is 0 Å². The predicted molar refractivity (Wildman–Crippen MR) is 50.8 cm³/mol. The second-order valence-corrected chi connectivity index (χ2v) is 3.78. The van der Waals surface area contributed by atoms with Crippen LogP contribution in [0.4, 0.5) is 0 Å². The molecule has 0 unspecified atom stereocenters. The minimum Gasteiger partial charge on any atom is -0.506 e. The van der Waals surface area contributed by atoms with Gasteiger partial charge in [-0.2, -0.15) is 0 Å². The lowest BCUT2D eigenvalue weighted by molar-refractivity contribution is 0.475. The number of hydrogen-bond acceptors (Lipinski definition) is 1. The molecule has 5 heteroatoms. The Morgan fingerprint density at radius 2 is 1.73 bits per heavy atom. The molecule has 0 heterocycles. The summed E-state index contributed by atoms with van der Waals surface area (Å²) in [6.45, 7) is 0. The maximum absolute atomic E-state index is 9.08. The van der Waals surface area contributed by atoms with Gasteiger partial charge in [0.25, 0.3) is 0 Å². The van der Waals surface area contributed by atoms with Crippen molar-refractivity contribution in [3.05, 3.63) is 25.6 Å². The van der Waals surface area contributed by atoms with Crippen LogP contribution in [0.15, 0.2) is 10.5 Å². The van der Waals surface area contributed by atoms with Gasteiger partial charge in [-0.05, 0) is 15.9 Å². The lowest BCUT2D eigenvalue weighted by Gasteiger charge is -2.02. The number of phenolic OH excluding ortho intramolecular Hbond substituents is 1. The van der Waals surface area contributed by atoms with Gasteiger partial charge in [-0.15, -0.1) is 0 Å². The van der Waals surface area contributed by atoms with E-state index in [9.17, 15) is 0 Å². The molecule has 0 aliphatic heterocycles. The molecule has 1 aromatic carbocycles. The zero-order valence-corrected chi connectivity index (χ0v) is 8.89. The van der Waals surface area contributed by atoms with Crippen molar-refractivity contribution in [3.8, 4) is 5.75 Å². The molecule has 0 radical (unpaired) electrons. The van der Waals surface area contributed by atoms with E-state index in [-0.39, 0.29) is 15.8 Å². The van der Waals surface area contributed by atoms with Gasteiger partial charge in [0.1, 0.15) is 10.8 Å². The third-order valence-electron chi connectivity index (χ3n) is 1.08. The summed E-state index contributed by atoms with van der Waals surface area (Å²) in [5, 5.41) is 9.73.